The third kappa shape index (κ3) is 4.40. The summed E-state index contributed by atoms with van der Waals surface area (Å²) in [6, 6.07) is 8.22. The first-order valence-electron chi connectivity index (χ1n) is 8.36. The fourth-order valence-corrected chi connectivity index (χ4v) is 6.40. The Bertz CT molecular complexity index is 1010. The summed E-state index contributed by atoms with van der Waals surface area (Å²) in [5.74, 6) is -0.415. The van der Waals surface area contributed by atoms with Crippen molar-refractivity contribution in [1.82, 2.24) is 4.31 Å². The summed E-state index contributed by atoms with van der Waals surface area (Å²) in [7, 11) is -7.04. The number of sulfonamides is 1. The van der Waals surface area contributed by atoms with Gasteiger partial charge >= 0.3 is 0 Å². The van der Waals surface area contributed by atoms with Crippen LogP contribution in [0.2, 0.25) is 0 Å². The molecule has 0 saturated carbocycles. The molecule has 1 aliphatic rings. The van der Waals surface area contributed by atoms with Crippen LogP contribution in [0.5, 0.6) is 0 Å². The highest BCUT2D eigenvalue weighted by molar-refractivity contribution is 7.91. The maximum Gasteiger partial charge on any atom is 0.253 e. The van der Waals surface area contributed by atoms with E-state index < -0.39 is 31.8 Å². The SMILES string of the molecule is CS(=O)(=O)c1ccc(NC(=O)C2CCCCN2S(=O)(=O)c2cccs2)cc1. The molecule has 1 aromatic carbocycles. The van der Waals surface area contributed by atoms with Crippen molar-refractivity contribution in [3.8, 4) is 0 Å². The Morgan fingerprint density at radius 3 is 2.41 bits per heavy atom. The molecule has 1 N–H and O–H groups in total. The molecular weight excluding hydrogens is 408 g/mol. The van der Waals surface area contributed by atoms with E-state index in [2.05, 4.69) is 5.32 Å². The van der Waals surface area contributed by atoms with Gasteiger partial charge in [-0.2, -0.15) is 4.31 Å². The van der Waals surface area contributed by atoms with Crippen LogP contribution in [-0.4, -0.2) is 45.9 Å². The molecule has 2 heterocycles. The molecule has 0 aliphatic carbocycles. The van der Waals surface area contributed by atoms with E-state index in [1.165, 1.54) is 34.6 Å². The molecule has 10 heteroatoms. The first-order chi connectivity index (χ1) is 12.7. The number of nitrogens with zero attached hydrogens (tertiary/aromatic N) is 1. The van der Waals surface area contributed by atoms with Gasteiger partial charge in [-0.25, -0.2) is 16.8 Å². The number of benzene rings is 1. The van der Waals surface area contributed by atoms with Crippen molar-refractivity contribution < 1.29 is 21.6 Å². The summed E-state index contributed by atoms with van der Waals surface area (Å²) in [6.07, 6.45) is 3.02. The number of hydrogen-bond donors (Lipinski definition) is 1. The lowest BCUT2D eigenvalue weighted by atomic mass is 10.0. The second-order valence-electron chi connectivity index (χ2n) is 6.35. The number of amides is 1. The predicted molar refractivity (Wildman–Crippen MR) is 104 cm³/mol. The van der Waals surface area contributed by atoms with E-state index in [9.17, 15) is 21.6 Å². The van der Waals surface area contributed by atoms with Crippen molar-refractivity contribution in [3.05, 3.63) is 41.8 Å². The van der Waals surface area contributed by atoms with Gasteiger partial charge in [0.2, 0.25) is 5.91 Å². The largest absolute Gasteiger partial charge is 0.325 e. The number of rotatable bonds is 5. The van der Waals surface area contributed by atoms with Crippen LogP contribution in [0.25, 0.3) is 0 Å². The van der Waals surface area contributed by atoms with Gasteiger partial charge in [-0.3, -0.25) is 4.79 Å². The number of anilines is 1. The van der Waals surface area contributed by atoms with Crippen LogP contribution in [0, 0.1) is 0 Å². The fourth-order valence-electron chi connectivity index (χ4n) is 2.99. The molecular formula is C17H20N2O5S3. The molecule has 1 unspecified atom stereocenters. The smallest absolute Gasteiger partial charge is 0.253 e. The average Bonchev–Trinajstić information content (AvgIpc) is 3.17. The zero-order valence-electron chi connectivity index (χ0n) is 14.7. The van der Waals surface area contributed by atoms with E-state index >= 15 is 0 Å². The predicted octanol–water partition coefficient (Wildman–Crippen LogP) is 2.33. The Hall–Kier alpha value is -1.75. The standard InChI is InChI=1S/C17H20N2O5S3/c1-26(21,22)14-9-7-13(8-10-14)18-17(20)15-5-2-3-11-19(15)27(23,24)16-6-4-12-25-16/h4,6-10,12,15H,2-3,5,11H2,1H3,(H,18,20). The van der Waals surface area contributed by atoms with E-state index in [1.807, 2.05) is 0 Å². The molecule has 27 heavy (non-hydrogen) atoms. The molecule has 1 fully saturated rings. The number of thiophene rings is 1. The Kier molecular flexibility index (Phi) is 5.71. The topological polar surface area (TPSA) is 101 Å². The summed E-state index contributed by atoms with van der Waals surface area (Å²) in [5, 5.41) is 4.39. The number of piperidine rings is 1. The summed E-state index contributed by atoms with van der Waals surface area (Å²) in [6.45, 7) is 0.297. The summed E-state index contributed by atoms with van der Waals surface area (Å²) < 4.78 is 50.2. The maximum atomic E-state index is 12.9. The van der Waals surface area contributed by atoms with Crippen molar-refractivity contribution in [2.24, 2.45) is 0 Å². The lowest BCUT2D eigenvalue weighted by Gasteiger charge is -2.33. The number of sulfone groups is 1. The Morgan fingerprint density at radius 1 is 1.11 bits per heavy atom. The Balaban J connectivity index is 1.80. The monoisotopic (exact) mass is 428 g/mol. The number of hydrogen-bond acceptors (Lipinski definition) is 6. The highest BCUT2D eigenvalue weighted by atomic mass is 32.2. The third-order valence-corrected chi connectivity index (χ3v) is 8.77. The van der Waals surface area contributed by atoms with Crippen LogP contribution >= 0.6 is 11.3 Å². The van der Waals surface area contributed by atoms with Crippen LogP contribution < -0.4 is 5.32 Å². The maximum absolute atomic E-state index is 12.9. The molecule has 0 spiro atoms. The summed E-state index contributed by atoms with van der Waals surface area (Å²) in [4.78, 5) is 12.9. The van der Waals surface area contributed by atoms with Gasteiger partial charge in [0.15, 0.2) is 9.84 Å². The molecule has 3 rings (SSSR count). The lowest BCUT2D eigenvalue weighted by molar-refractivity contribution is -0.120. The molecule has 1 aromatic heterocycles. The van der Waals surface area contributed by atoms with Gasteiger partial charge in [-0.15, -0.1) is 11.3 Å². The van der Waals surface area contributed by atoms with Crippen molar-refractivity contribution >= 4 is 42.8 Å². The molecule has 0 radical (unpaired) electrons. The number of carbonyl (C=O) groups excluding carboxylic acids is 1. The Morgan fingerprint density at radius 2 is 1.81 bits per heavy atom. The van der Waals surface area contributed by atoms with Crippen LogP contribution in [-0.2, 0) is 24.7 Å². The van der Waals surface area contributed by atoms with Gasteiger partial charge in [0, 0.05) is 18.5 Å². The molecule has 0 bridgehead atoms. The van der Waals surface area contributed by atoms with Crippen LogP contribution in [0.3, 0.4) is 0 Å². The second-order valence-corrected chi connectivity index (χ2v) is 11.4. The van der Waals surface area contributed by atoms with Gasteiger partial charge in [0.05, 0.1) is 4.90 Å². The van der Waals surface area contributed by atoms with E-state index in [-0.39, 0.29) is 9.10 Å². The quantitative estimate of drug-likeness (QED) is 0.788. The normalized spacial score (nSPS) is 18.9. The van der Waals surface area contributed by atoms with Crippen LogP contribution in [0.1, 0.15) is 19.3 Å². The highest BCUT2D eigenvalue weighted by Crippen LogP contribution is 2.28. The summed E-state index contributed by atoms with van der Waals surface area (Å²) >= 11 is 1.13. The zero-order valence-corrected chi connectivity index (χ0v) is 17.1. The lowest BCUT2D eigenvalue weighted by Crippen LogP contribution is -2.49. The molecule has 146 valence electrons. The minimum atomic E-state index is -3.72. The van der Waals surface area contributed by atoms with E-state index in [4.69, 9.17) is 0 Å². The fraction of sp³-hybridized carbons (Fsp3) is 0.353. The van der Waals surface area contributed by atoms with Crippen LogP contribution in [0.15, 0.2) is 50.9 Å². The first kappa shape index (κ1) is 20.0. The molecule has 1 atom stereocenters. The van der Waals surface area contributed by atoms with Gasteiger partial charge in [0.1, 0.15) is 10.3 Å². The number of nitrogens with one attached hydrogen (secondary N) is 1. The Labute approximate surface area is 163 Å². The van der Waals surface area contributed by atoms with Crippen molar-refractivity contribution in [2.75, 3.05) is 18.1 Å². The van der Waals surface area contributed by atoms with Gasteiger partial charge < -0.3 is 5.32 Å². The second kappa shape index (κ2) is 7.70. The molecule has 2 aromatic rings. The zero-order chi connectivity index (χ0) is 19.7. The first-order valence-corrected chi connectivity index (χ1v) is 12.6. The van der Waals surface area contributed by atoms with Gasteiger partial charge in [0.25, 0.3) is 10.0 Å². The minimum absolute atomic E-state index is 0.153. The third-order valence-electron chi connectivity index (χ3n) is 4.36. The molecule has 1 saturated heterocycles. The van der Waals surface area contributed by atoms with Gasteiger partial charge in [-0.05, 0) is 48.6 Å². The van der Waals surface area contributed by atoms with Crippen molar-refractivity contribution in [1.29, 1.82) is 0 Å². The molecule has 7 nitrogen and oxygen atoms in total. The van der Waals surface area contributed by atoms with Gasteiger partial charge in [-0.1, -0.05) is 12.5 Å². The average molecular weight is 429 g/mol. The number of carbonyl (C=O) groups is 1. The van der Waals surface area contributed by atoms with E-state index in [0.29, 0.717) is 25.1 Å². The molecule has 1 amide bonds. The molecule has 1 aliphatic heterocycles. The summed E-state index contributed by atoms with van der Waals surface area (Å²) in [5.41, 5.74) is 0.423. The van der Waals surface area contributed by atoms with Crippen molar-refractivity contribution in [3.63, 3.8) is 0 Å². The van der Waals surface area contributed by atoms with E-state index in [1.54, 1.807) is 11.4 Å². The van der Waals surface area contributed by atoms with Crippen LogP contribution in [0.4, 0.5) is 5.69 Å². The highest BCUT2D eigenvalue weighted by Gasteiger charge is 2.38. The van der Waals surface area contributed by atoms with E-state index in [0.717, 1.165) is 24.0 Å². The minimum Gasteiger partial charge on any atom is -0.325 e. The van der Waals surface area contributed by atoms with Crippen molar-refractivity contribution in [2.45, 2.75) is 34.4 Å².